The van der Waals surface area contributed by atoms with E-state index >= 15 is 0 Å². The van der Waals surface area contributed by atoms with Crippen LogP contribution in [-0.4, -0.2) is 35.7 Å². The lowest BCUT2D eigenvalue weighted by molar-refractivity contribution is -0.145. The molecular weight excluding hydrogens is 186 g/mol. The number of carbonyl (C=O) groups is 2. The van der Waals surface area contributed by atoms with Crippen LogP contribution in [-0.2, 0) is 14.3 Å². The van der Waals surface area contributed by atoms with Crippen LogP contribution in [0.15, 0.2) is 12.2 Å². The molecule has 0 aromatic rings. The summed E-state index contributed by atoms with van der Waals surface area (Å²) in [6.45, 7) is 5.38. The van der Waals surface area contributed by atoms with Gasteiger partial charge in [-0.3, -0.25) is 4.79 Å². The van der Waals surface area contributed by atoms with Crippen molar-refractivity contribution in [2.24, 2.45) is 0 Å². The van der Waals surface area contributed by atoms with Crippen LogP contribution in [0.1, 0.15) is 13.3 Å². The lowest BCUT2D eigenvalue weighted by atomic mass is 10.2. The molecule has 5 heteroatoms. The summed E-state index contributed by atoms with van der Waals surface area (Å²) in [7, 11) is 0. The van der Waals surface area contributed by atoms with Gasteiger partial charge in [0.25, 0.3) is 0 Å². The molecule has 1 rings (SSSR count). The zero-order valence-electron chi connectivity index (χ0n) is 7.95. The van der Waals surface area contributed by atoms with Gasteiger partial charge in [-0.15, -0.1) is 0 Å². The van der Waals surface area contributed by atoms with Gasteiger partial charge in [0.2, 0.25) is 0 Å². The van der Waals surface area contributed by atoms with Crippen molar-refractivity contribution in [1.29, 1.82) is 0 Å². The standard InChI is InChI=1S/C9H13NO4/c1-5(2)9(13)14-6-3-7(8(11)12)10-4-6/h6-7,10H,1,3-4H2,2H3,(H,11,12)/t6-,7+/m0/s1. The molecule has 1 aliphatic rings. The summed E-state index contributed by atoms with van der Waals surface area (Å²) in [6.07, 6.45) is -0.0470. The third kappa shape index (κ3) is 2.56. The number of carbonyl (C=O) groups excluding carboxylic acids is 1. The van der Waals surface area contributed by atoms with Crippen molar-refractivity contribution in [3.8, 4) is 0 Å². The van der Waals surface area contributed by atoms with E-state index in [-0.39, 0.29) is 6.10 Å². The van der Waals surface area contributed by atoms with Gasteiger partial charge in [0.15, 0.2) is 0 Å². The summed E-state index contributed by atoms with van der Waals surface area (Å²) in [6, 6.07) is -0.613. The molecule has 1 fully saturated rings. The van der Waals surface area contributed by atoms with Crippen LogP contribution < -0.4 is 5.32 Å². The summed E-state index contributed by atoms with van der Waals surface area (Å²) < 4.78 is 4.99. The Bertz CT molecular complexity index is 274. The van der Waals surface area contributed by atoms with Crippen molar-refractivity contribution in [2.75, 3.05) is 6.54 Å². The third-order valence-electron chi connectivity index (χ3n) is 2.01. The molecule has 0 unspecified atom stereocenters. The number of hydrogen-bond acceptors (Lipinski definition) is 4. The Labute approximate surface area is 81.7 Å². The fourth-order valence-corrected chi connectivity index (χ4v) is 1.23. The summed E-state index contributed by atoms with van der Waals surface area (Å²) in [5, 5.41) is 11.4. The van der Waals surface area contributed by atoms with Crippen molar-refractivity contribution >= 4 is 11.9 Å². The molecule has 0 aromatic carbocycles. The van der Waals surface area contributed by atoms with Crippen LogP contribution in [0, 0.1) is 0 Å². The highest BCUT2D eigenvalue weighted by Gasteiger charge is 2.31. The molecule has 14 heavy (non-hydrogen) atoms. The molecule has 2 N–H and O–H groups in total. The van der Waals surface area contributed by atoms with Gasteiger partial charge in [-0.25, -0.2) is 4.79 Å². The van der Waals surface area contributed by atoms with E-state index in [1.807, 2.05) is 0 Å². The Kier molecular flexibility index (Phi) is 3.24. The second-order valence-corrected chi connectivity index (χ2v) is 3.34. The molecule has 2 atom stereocenters. The van der Waals surface area contributed by atoms with Crippen LogP contribution >= 0.6 is 0 Å². The van der Waals surface area contributed by atoms with Gasteiger partial charge in [0, 0.05) is 18.5 Å². The van der Waals surface area contributed by atoms with E-state index in [0.717, 1.165) is 0 Å². The predicted octanol–water partition coefficient (Wildman–Crippen LogP) is -0.0792. The second kappa shape index (κ2) is 4.23. The van der Waals surface area contributed by atoms with E-state index in [1.165, 1.54) is 0 Å². The molecule has 1 heterocycles. The van der Waals surface area contributed by atoms with Crippen molar-refractivity contribution < 1.29 is 19.4 Å². The minimum absolute atomic E-state index is 0.314. The quantitative estimate of drug-likeness (QED) is 0.491. The number of aliphatic carboxylic acids is 1. The first-order chi connectivity index (χ1) is 6.50. The van der Waals surface area contributed by atoms with Gasteiger partial charge < -0.3 is 15.2 Å². The third-order valence-corrected chi connectivity index (χ3v) is 2.01. The maximum Gasteiger partial charge on any atom is 0.333 e. The average molecular weight is 199 g/mol. The lowest BCUT2D eigenvalue weighted by Crippen LogP contribution is -2.30. The SMILES string of the molecule is C=C(C)C(=O)O[C@@H]1CN[C@@H](C(=O)O)C1. The molecule has 0 radical (unpaired) electrons. The van der Waals surface area contributed by atoms with Crippen molar-refractivity contribution in [1.82, 2.24) is 5.32 Å². The Balaban J connectivity index is 2.40. The largest absolute Gasteiger partial charge is 0.480 e. The normalized spacial score (nSPS) is 25.8. The number of esters is 1. The predicted molar refractivity (Wildman–Crippen MR) is 48.7 cm³/mol. The van der Waals surface area contributed by atoms with E-state index in [1.54, 1.807) is 6.92 Å². The highest BCUT2D eigenvalue weighted by Crippen LogP contribution is 2.11. The first-order valence-corrected chi connectivity index (χ1v) is 4.33. The maximum absolute atomic E-state index is 11.1. The fourth-order valence-electron chi connectivity index (χ4n) is 1.23. The molecule has 0 amide bonds. The average Bonchev–Trinajstić information content (AvgIpc) is 2.52. The first-order valence-electron chi connectivity index (χ1n) is 4.33. The van der Waals surface area contributed by atoms with Gasteiger partial charge >= 0.3 is 11.9 Å². The zero-order chi connectivity index (χ0) is 10.7. The number of carboxylic acids is 1. The molecule has 0 aromatic heterocycles. The molecule has 0 aliphatic carbocycles. The Morgan fingerprint density at radius 3 is 2.64 bits per heavy atom. The number of rotatable bonds is 3. The highest BCUT2D eigenvalue weighted by molar-refractivity contribution is 5.87. The molecule has 1 aliphatic heterocycles. The van der Waals surface area contributed by atoms with E-state index in [4.69, 9.17) is 9.84 Å². The zero-order valence-corrected chi connectivity index (χ0v) is 7.95. The van der Waals surface area contributed by atoms with E-state index in [0.29, 0.717) is 18.5 Å². The Morgan fingerprint density at radius 2 is 2.21 bits per heavy atom. The molecule has 78 valence electrons. The number of nitrogens with one attached hydrogen (secondary N) is 1. The van der Waals surface area contributed by atoms with Crippen LogP contribution in [0.2, 0.25) is 0 Å². The molecule has 1 saturated heterocycles. The maximum atomic E-state index is 11.1. The van der Waals surface area contributed by atoms with Gasteiger partial charge in [0.1, 0.15) is 12.1 Å². The number of hydrogen-bond donors (Lipinski definition) is 2. The second-order valence-electron chi connectivity index (χ2n) is 3.34. The van der Waals surface area contributed by atoms with Crippen LogP contribution in [0.5, 0.6) is 0 Å². The molecule has 0 bridgehead atoms. The van der Waals surface area contributed by atoms with Crippen LogP contribution in [0.25, 0.3) is 0 Å². The van der Waals surface area contributed by atoms with Gasteiger partial charge in [-0.2, -0.15) is 0 Å². The molecular formula is C9H13NO4. The van der Waals surface area contributed by atoms with Crippen molar-refractivity contribution in [3.63, 3.8) is 0 Å². The van der Waals surface area contributed by atoms with Crippen LogP contribution in [0.4, 0.5) is 0 Å². The van der Waals surface area contributed by atoms with Crippen LogP contribution in [0.3, 0.4) is 0 Å². The lowest BCUT2D eigenvalue weighted by Gasteiger charge is -2.10. The number of carboxylic acid groups (broad SMARTS) is 1. The first kappa shape index (κ1) is 10.7. The highest BCUT2D eigenvalue weighted by atomic mass is 16.5. The number of ether oxygens (including phenoxy) is 1. The molecule has 0 saturated carbocycles. The summed E-state index contributed by atoms with van der Waals surface area (Å²) >= 11 is 0. The fraction of sp³-hybridized carbons (Fsp3) is 0.556. The smallest absolute Gasteiger partial charge is 0.333 e. The topological polar surface area (TPSA) is 75.6 Å². The minimum Gasteiger partial charge on any atom is -0.480 e. The summed E-state index contributed by atoms with van der Waals surface area (Å²) in [5.74, 6) is -1.39. The van der Waals surface area contributed by atoms with Crippen molar-refractivity contribution in [2.45, 2.75) is 25.5 Å². The monoisotopic (exact) mass is 199 g/mol. The molecule has 0 spiro atoms. The van der Waals surface area contributed by atoms with Gasteiger partial charge in [-0.1, -0.05) is 6.58 Å². The van der Waals surface area contributed by atoms with E-state index in [9.17, 15) is 9.59 Å². The minimum atomic E-state index is -0.918. The Morgan fingerprint density at radius 1 is 1.57 bits per heavy atom. The van der Waals surface area contributed by atoms with Gasteiger partial charge in [0.05, 0.1) is 0 Å². The van der Waals surface area contributed by atoms with E-state index in [2.05, 4.69) is 11.9 Å². The summed E-state index contributed by atoms with van der Waals surface area (Å²) in [5.41, 5.74) is 0.323. The van der Waals surface area contributed by atoms with Gasteiger partial charge in [-0.05, 0) is 6.92 Å². The Hall–Kier alpha value is -1.36. The molecule has 5 nitrogen and oxygen atoms in total. The van der Waals surface area contributed by atoms with Crippen molar-refractivity contribution in [3.05, 3.63) is 12.2 Å². The summed E-state index contributed by atoms with van der Waals surface area (Å²) in [4.78, 5) is 21.6. The van der Waals surface area contributed by atoms with E-state index < -0.39 is 18.0 Å².